The fourth-order valence-electron chi connectivity index (χ4n) is 2.36. The lowest BCUT2D eigenvalue weighted by atomic mass is 10.00. The van der Waals surface area contributed by atoms with Gasteiger partial charge in [0.25, 0.3) is 0 Å². The number of hydrogen-bond acceptors (Lipinski definition) is 3. The maximum absolute atomic E-state index is 11.8. The van der Waals surface area contributed by atoms with Crippen molar-refractivity contribution in [1.82, 2.24) is 15.8 Å². The van der Waals surface area contributed by atoms with Crippen LogP contribution in [0.2, 0.25) is 0 Å². The summed E-state index contributed by atoms with van der Waals surface area (Å²) in [6, 6.07) is 0.880. The molecule has 1 aliphatic rings. The van der Waals surface area contributed by atoms with Gasteiger partial charge in [-0.1, -0.05) is 13.3 Å². The molecule has 0 spiro atoms. The van der Waals surface area contributed by atoms with E-state index in [-0.39, 0.29) is 11.9 Å². The third-order valence-electron chi connectivity index (χ3n) is 3.48. The number of amides is 1. The van der Waals surface area contributed by atoms with Crippen molar-refractivity contribution >= 4 is 5.91 Å². The number of carbonyl (C=O) groups is 1. The van der Waals surface area contributed by atoms with Crippen molar-refractivity contribution in [2.45, 2.75) is 71.5 Å². The quantitative estimate of drug-likeness (QED) is 0.769. The van der Waals surface area contributed by atoms with Crippen LogP contribution in [-0.2, 0) is 4.79 Å². The second-order valence-corrected chi connectivity index (χ2v) is 5.18. The van der Waals surface area contributed by atoms with Crippen LogP contribution in [-0.4, -0.2) is 35.6 Å². The van der Waals surface area contributed by atoms with Crippen molar-refractivity contribution in [1.29, 1.82) is 0 Å². The molecule has 0 aliphatic carbocycles. The predicted octanol–water partition coefficient (Wildman–Crippen LogP) is 1.67. The first-order chi connectivity index (χ1) is 8.06. The molecule has 0 aromatic carbocycles. The van der Waals surface area contributed by atoms with Crippen LogP contribution in [0, 0.1) is 0 Å². The third-order valence-corrected chi connectivity index (χ3v) is 3.48. The third kappa shape index (κ3) is 4.28. The second kappa shape index (κ2) is 6.97. The molecule has 2 N–H and O–H groups in total. The maximum atomic E-state index is 11.8. The first-order valence-electron chi connectivity index (χ1n) is 6.88. The van der Waals surface area contributed by atoms with Crippen LogP contribution in [0.1, 0.15) is 53.4 Å². The number of nitrogens with zero attached hydrogens (tertiary/aromatic N) is 1. The summed E-state index contributed by atoms with van der Waals surface area (Å²) >= 11 is 0. The van der Waals surface area contributed by atoms with Gasteiger partial charge >= 0.3 is 0 Å². The average Bonchev–Trinajstić information content (AvgIpc) is 2.30. The summed E-state index contributed by atoms with van der Waals surface area (Å²) in [6.45, 7) is 9.20. The topological polar surface area (TPSA) is 44.4 Å². The van der Waals surface area contributed by atoms with E-state index >= 15 is 0 Å². The average molecular weight is 241 g/mol. The minimum Gasteiger partial charge on any atom is -0.355 e. The Morgan fingerprint density at radius 2 is 1.94 bits per heavy atom. The number of nitrogens with one attached hydrogen (secondary N) is 2. The molecule has 0 bridgehead atoms. The molecule has 1 aliphatic heterocycles. The Hall–Kier alpha value is -0.610. The van der Waals surface area contributed by atoms with Gasteiger partial charge in [0.05, 0.1) is 6.04 Å². The van der Waals surface area contributed by atoms with E-state index in [4.69, 9.17) is 0 Å². The Morgan fingerprint density at radius 1 is 1.35 bits per heavy atom. The van der Waals surface area contributed by atoms with Crippen molar-refractivity contribution in [2.75, 3.05) is 6.54 Å². The Labute approximate surface area is 105 Å². The molecule has 3 atom stereocenters. The monoisotopic (exact) mass is 241 g/mol. The van der Waals surface area contributed by atoms with Gasteiger partial charge in [-0.3, -0.25) is 4.79 Å². The molecule has 0 aromatic rings. The first-order valence-corrected chi connectivity index (χ1v) is 6.88. The zero-order valence-electron chi connectivity index (χ0n) is 11.6. The van der Waals surface area contributed by atoms with E-state index in [1.54, 1.807) is 0 Å². The fourth-order valence-corrected chi connectivity index (χ4v) is 2.36. The molecule has 1 heterocycles. The standard InChI is InChI=1S/C13H27N3O/c1-5-9-14-13(17)12(4)15-16-10(2)7-6-8-11(16)3/h10-12,15H,5-9H2,1-4H3,(H,14,17). The van der Waals surface area contributed by atoms with Crippen LogP contribution >= 0.6 is 0 Å². The summed E-state index contributed by atoms with van der Waals surface area (Å²) in [5, 5.41) is 5.17. The highest BCUT2D eigenvalue weighted by Crippen LogP contribution is 2.20. The zero-order chi connectivity index (χ0) is 12.8. The second-order valence-electron chi connectivity index (χ2n) is 5.18. The summed E-state index contributed by atoms with van der Waals surface area (Å²) in [7, 11) is 0. The molecule has 4 nitrogen and oxygen atoms in total. The van der Waals surface area contributed by atoms with Gasteiger partial charge in [0.15, 0.2) is 0 Å². The van der Waals surface area contributed by atoms with Gasteiger partial charge in [-0.05, 0) is 40.0 Å². The van der Waals surface area contributed by atoms with Crippen LogP contribution in [0.4, 0.5) is 0 Å². The van der Waals surface area contributed by atoms with E-state index in [2.05, 4.69) is 36.5 Å². The number of rotatable bonds is 5. The summed E-state index contributed by atoms with van der Waals surface area (Å²) < 4.78 is 0. The highest BCUT2D eigenvalue weighted by Gasteiger charge is 2.27. The molecule has 0 aromatic heterocycles. The largest absolute Gasteiger partial charge is 0.355 e. The van der Waals surface area contributed by atoms with Gasteiger partial charge < -0.3 is 5.32 Å². The molecular formula is C13H27N3O. The Morgan fingerprint density at radius 3 is 2.47 bits per heavy atom. The van der Waals surface area contributed by atoms with Crippen molar-refractivity contribution in [3.05, 3.63) is 0 Å². The van der Waals surface area contributed by atoms with E-state index < -0.39 is 0 Å². The van der Waals surface area contributed by atoms with Crippen molar-refractivity contribution in [2.24, 2.45) is 0 Å². The molecular weight excluding hydrogens is 214 g/mol. The highest BCUT2D eigenvalue weighted by atomic mass is 16.2. The number of carbonyl (C=O) groups excluding carboxylic acids is 1. The Balaban J connectivity index is 2.42. The summed E-state index contributed by atoms with van der Waals surface area (Å²) in [6.07, 6.45) is 4.69. The summed E-state index contributed by atoms with van der Waals surface area (Å²) in [5.41, 5.74) is 3.35. The molecule has 3 unspecified atom stereocenters. The number of hydrazine groups is 1. The van der Waals surface area contributed by atoms with Crippen molar-refractivity contribution in [3.63, 3.8) is 0 Å². The van der Waals surface area contributed by atoms with Gasteiger partial charge in [-0.15, -0.1) is 0 Å². The maximum Gasteiger partial charge on any atom is 0.238 e. The molecule has 0 saturated carbocycles. The van der Waals surface area contributed by atoms with E-state index in [0.717, 1.165) is 13.0 Å². The molecule has 1 amide bonds. The van der Waals surface area contributed by atoms with Gasteiger partial charge in [0, 0.05) is 18.6 Å². The van der Waals surface area contributed by atoms with Crippen LogP contribution < -0.4 is 10.7 Å². The van der Waals surface area contributed by atoms with E-state index in [0.29, 0.717) is 12.1 Å². The van der Waals surface area contributed by atoms with Gasteiger partial charge in [-0.2, -0.15) is 0 Å². The van der Waals surface area contributed by atoms with Crippen LogP contribution in [0.5, 0.6) is 0 Å². The smallest absolute Gasteiger partial charge is 0.238 e. The van der Waals surface area contributed by atoms with Crippen LogP contribution in [0.3, 0.4) is 0 Å². The summed E-state index contributed by atoms with van der Waals surface area (Å²) in [5.74, 6) is 0.0943. The van der Waals surface area contributed by atoms with Gasteiger partial charge in [0.1, 0.15) is 0 Å². The number of piperidine rings is 1. The fraction of sp³-hybridized carbons (Fsp3) is 0.923. The molecule has 1 saturated heterocycles. The normalized spacial score (nSPS) is 27.8. The van der Waals surface area contributed by atoms with E-state index in [1.165, 1.54) is 19.3 Å². The van der Waals surface area contributed by atoms with Crippen molar-refractivity contribution < 1.29 is 4.79 Å². The molecule has 1 rings (SSSR count). The molecule has 4 heteroatoms. The number of hydrogen-bond donors (Lipinski definition) is 2. The molecule has 100 valence electrons. The van der Waals surface area contributed by atoms with Crippen LogP contribution in [0.25, 0.3) is 0 Å². The Bertz CT molecular complexity index is 235. The van der Waals surface area contributed by atoms with Crippen molar-refractivity contribution in [3.8, 4) is 0 Å². The minimum absolute atomic E-state index is 0.0943. The highest BCUT2D eigenvalue weighted by molar-refractivity contribution is 5.81. The lowest BCUT2D eigenvalue weighted by molar-refractivity contribution is -0.125. The molecule has 1 fully saturated rings. The summed E-state index contributed by atoms with van der Waals surface area (Å²) in [4.78, 5) is 11.8. The molecule has 0 radical (unpaired) electrons. The van der Waals surface area contributed by atoms with Gasteiger partial charge in [-0.25, -0.2) is 10.4 Å². The zero-order valence-corrected chi connectivity index (χ0v) is 11.6. The SMILES string of the molecule is CCCNC(=O)C(C)NN1C(C)CCCC1C. The molecule has 17 heavy (non-hydrogen) atoms. The van der Waals surface area contributed by atoms with Crippen LogP contribution in [0.15, 0.2) is 0 Å². The lowest BCUT2D eigenvalue weighted by Crippen LogP contribution is -2.58. The minimum atomic E-state index is -0.149. The Kier molecular flexibility index (Phi) is 5.92. The van der Waals surface area contributed by atoms with E-state index in [1.807, 2.05) is 6.92 Å². The lowest BCUT2D eigenvalue weighted by Gasteiger charge is -2.40. The first kappa shape index (κ1) is 14.5. The van der Waals surface area contributed by atoms with E-state index in [9.17, 15) is 4.79 Å². The van der Waals surface area contributed by atoms with Gasteiger partial charge in [0.2, 0.25) is 5.91 Å². The predicted molar refractivity (Wildman–Crippen MR) is 70.5 cm³/mol.